The molecule has 1 aliphatic carbocycles. The van der Waals surface area contributed by atoms with E-state index in [1.54, 1.807) is 0 Å². The number of pyridine rings is 1. The van der Waals surface area contributed by atoms with E-state index in [4.69, 9.17) is 0 Å². The molecule has 1 heterocycles. The Labute approximate surface area is 114 Å². The molecule has 3 heteroatoms. The standard InChI is InChI=1S/C16H21N3/c1-4-13(15-5-2-10-19-16(15)6-1)12-17-9-3-11-18-14-7-8-14/h1-2,4-6,10,14,17-18H,3,7-9,11-12H2. The molecule has 0 radical (unpaired) electrons. The molecule has 0 spiro atoms. The molecular weight excluding hydrogens is 234 g/mol. The van der Waals surface area contributed by atoms with Crippen LogP contribution in [0.2, 0.25) is 0 Å². The van der Waals surface area contributed by atoms with Crippen molar-refractivity contribution in [2.45, 2.75) is 31.8 Å². The van der Waals surface area contributed by atoms with Gasteiger partial charge >= 0.3 is 0 Å². The largest absolute Gasteiger partial charge is 0.314 e. The highest BCUT2D eigenvalue weighted by molar-refractivity contribution is 5.81. The Balaban J connectivity index is 1.47. The summed E-state index contributed by atoms with van der Waals surface area (Å²) in [5.41, 5.74) is 2.41. The van der Waals surface area contributed by atoms with Crippen molar-refractivity contribution in [1.29, 1.82) is 0 Å². The molecule has 1 aliphatic rings. The number of hydrogen-bond donors (Lipinski definition) is 2. The van der Waals surface area contributed by atoms with Crippen LogP contribution in [0.15, 0.2) is 36.5 Å². The molecule has 1 aromatic heterocycles. The van der Waals surface area contributed by atoms with Crippen LogP contribution in [0.4, 0.5) is 0 Å². The van der Waals surface area contributed by atoms with E-state index in [9.17, 15) is 0 Å². The molecule has 0 atom stereocenters. The fourth-order valence-corrected chi connectivity index (χ4v) is 2.35. The highest BCUT2D eigenvalue weighted by Crippen LogP contribution is 2.18. The van der Waals surface area contributed by atoms with Crippen LogP contribution in [0.25, 0.3) is 10.9 Å². The molecule has 1 saturated carbocycles. The normalized spacial score (nSPS) is 14.9. The summed E-state index contributed by atoms with van der Waals surface area (Å²) in [6.45, 7) is 3.12. The van der Waals surface area contributed by atoms with E-state index >= 15 is 0 Å². The molecule has 19 heavy (non-hydrogen) atoms. The zero-order valence-electron chi connectivity index (χ0n) is 11.2. The minimum Gasteiger partial charge on any atom is -0.314 e. The van der Waals surface area contributed by atoms with Crippen molar-refractivity contribution in [3.8, 4) is 0 Å². The first kappa shape index (κ1) is 12.6. The fraction of sp³-hybridized carbons (Fsp3) is 0.438. The van der Waals surface area contributed by atoms with Gasteiger partial charge in [0.25, 0.3) is 0 Å². The molecular formula is C16H21N3. The van der Waals surface area contributed by atoms with Crippen LogP contribution in [-0.2, 0) is 6.54 Å². The first-order valence-corrected chi connectivity index (χ1v) is 7.20. The van der Waals surface area contributed by atoms with Crippen LogP contribution >= 0.6 is 0 Å². The van der Waals surface area contributed by atoms with E-state index in [0.29, 0.717) is 0 Å². The van der Waals surface area contributed by atoms with Gasteiger partial charge in [0.1, 0.15) is 0 Å². The highest BCUT2D eigenvalue weighted by atomic mass is 14.9. The molecule has 1 aromatic carbocycles. The molecule has 0 bridgehead atoms. The third-order valence-electron chi connectivity index (χ3n) is 3.59. The van der Waals surface area contributed by atoms with Gasteiger partial charge in [0.05, 0.1) is 5.52 Å². The maximum atomic E-state index is 4.39. The van der Waals surface area contributed by atoms with Crippen molar-refractivity contribution in [3.05, 3.63) is 42.1 Å². The summed E-state index contributed by atoms with van der Waals surface area (Å²) >= 11 is 0. The van der Waals surface area contributed by atoms with Gasteiger partial charge in [-0.05, 0) is 50.0 Å². The Morgan fingerprint density at radius 1 is 1.11 bits per heavy atom. The molecule has 0 aliphatic heterocycles. The maximum Gasteiger partial charge on any atom is 0.0705 e. The zero-order valence-corrected chi connectivity index (χ0v) is 11.2. The average Bonchev–Trinajstić information content (AvgIpc) is 3.27. The average molecular weight is 255 g/mol. The number of nitrogens with one attached hydrogen (secondary N) is 2. The van der Waals surface area contributed by atoms with Gasteiger partial charge in [-0.3, -0.25) is 4.98 Å². The zero-order chi connectivity index (χ0) is 12.9. The Morgan fingerprint density at radius 2 is 2.05 bits per heavy atom. The van der Waals surface area contributed by atoms with Gasteiger partial charge in [-0.15, -0.1) is 0 Å². The lowest BCUT2D eigenvalue weighted by Crippen LogP contribution is -2.23. The molecule has 2 N–H and O–H groups in total. The number of aromatic nitrogens is 1. The summed E-state index contributed by atoms with van der Waals surface area (Å²) < 4.78 is 0. The third-order valence-corrected chi connectivity index (χ3v) is 3.59. The van der Waals surface area contributed by atoms with Gasteiger partial charge in [-0.2, -0.15) is 0 Å². The van der Waals surface area contributed by atoms with Crippen molar-refractivity contribution >= 4 is 10.9 Å². The molecule has 0 saturated heterocycles. The SMILES string of the molecule is c1cc(CNCCCNC2CC2)c2cccnc2c1. The van der Waals surface area contributed by atoms with Crippen molar-refractivity contribution < 1.29 is 0 Å². The fourth-order valence-electron chi connectivity index (χ4n) is 2.35. The first-order chi connectivity index (χ1) is 9.43. The van der Waals surface area contributed by atoms with Crippen molar-refractivity contribution in [1.82, 2.24) is 15.6 Å². The Morgan fingerprint density at radius 3 is 2.95 bits per heavy atom. The molecule has 1 fully saturated rings. The third kappa shape index (κ3) is 3.52. The predicted molar refractivity (Wildman–Crippen MR) is 79.1 cm³/mol. The summed E-state index contributed by atoms with van der Waals surface area (Å²) in [5, 5.41) is 8.31. The molecule has 3 nitrogen and oxygen atoms in total. The lowest BCUT2D eigenvalue weighted by atomic mass is 10.1. The van der Waals surface area contributed by atoms with Gasteiger partial charge in [0.2, 0.25) is 0 Å². The Bertz CT molecular complexity index is 529. The Kier molecular flexibility index (Phi) is 4.06. The first-order valence-electron chi connectivity index (χ1n) is 7.20. The molecule has 100 valence electrons. The summed E-state index contributed by atoms with van der Waals surface area (Å²) in [4.78, 5) is 4.39. The van der Waals surface area contributed by atoms with E-state index in [-0.39, 0.29) is 0 Å². The summed E-state index contributed by atoms with van der Waals surface area (Å²) in [5.74, 6) is 0. The van der Waals surface area contributed by atoms with Crippen LogP contribution in [0.5, 0.6) is 0 Å². The molecule has 3 rings (SSSR count). The number of rotatable bonds is 7. The van der Waals surface area contributed by atoms with E-state index in [1.165, 1.54) is 30.2 Å². The quantitative estimate of drug-likeness (QED) is 0.746. The molecule has 0 unspecified atom stereocenters. The molecule has 0 amide bonds. The minimum absolute atomic E-state index is 0.823. The van der Waals surface area contributed by atoms with Gasteiger partial charge in [-0.25, -0.2) is 0 Å². The van der Waals surface area contributed by atoms with E-state index in [1.807, 2.05) is 12.3 Å². The number of hydrogen-bond acceptors (Lipinski definition) is 3. The number of fused-ring (bicyclic) bond motifs is 1. The lowest BCUT2D eigenvalue weighted by Gasteiger charge is -2.08. The second-order valence-corrected chi connectivity index (χ2v) is 5.25. The molecule has 2 aromatic rings. The van der Waals surface area contributed by atoms with E-state index in [2.05, 4.69) is 39.9 Å². The predicted octanol–water partition coefficient (Wildman–Crippen LogP) is 2.47. The van der Waals surface area contributed by atoms with E-state index < -0.39 is 0 Å². The summed E-state index contributed by atoms with van der Waals surface area (Å²) in [6.07, 6.45) is 5.79. The van der Waals surface area contributed by atoms with Crippen molar-refractivity contribution in [3.63, 3.8) is 0 Å². The monoisotopic (exact) mass is 255 g/mol. The van der Waals surface area contributed by atoms with Crippen molar-refractivity contribution in [2.75, 3.05) is 13.1 Å². The van der Waals surface area contributed by atoms with Crippen LogP contribution < -0.4 is 10.6 Å². The van der Waals surface area contributed by atoms with Crippen LogP contribution in [0, 0.1) is 0 Å². The van der Waals surface area contributed by atoms with Crippen LogP contribution in [0.3, 0.4) is 0 Å². The van der Waals surface area contributed by atoms with Gasteiger partial charge < -0.3 is 10.6 Å². The van der Waals surface area contributed by atoms with E-state index in [0.717, 1.165) is 31.2 Å². The highest BCUT2D eigenvalue weighted by Gasteiger charge is 2.19. The van der Waals surface area contributed by atoms with Gasteiger partial charge in [0.15, 0.2) is 0 Å². The minimum atomic E-state index is 0.823. The summed E-state index contributed by atoms with van der Waals surface area (Å²) in [6, 6.07) is 11.3. The number of nitrogens with zero attached hydrogens (tertiary/aromatic N) is 1. The lowest BCUT2D eigenvalue weighted by molar-refractivity contribution is 0.594. The Hall–Kier alpha value is -1.45. The second kappa shape index (κ2) is 6.13. The second-order valence-electron chi connectivity index (χ2n) is 5.25. The van der Waals surface area contributed by atoms with Crippen LogP contribution in [-0.4, -0.2) is 24.1 Å². The van der Waals surface area contributed by atoms with Gasteiger partial charge in [-0.1, -0.05) is 18.2 Å². The summed E-state index contributed by atoms with van der Waals surface area (Å²) in [7, 11) is 0. The van der Waals surface area contributed by atoms with Crippen LogP contribution in [0.1, 0.15) is 24.8 Å². The van der Waals surface area contributed by atoms with Gasteiger partial charge in [0, 0.05) is 24.2 Å². The maximum absolute atomic E-state index is 4.39. The number of benzene rings is 1. The topological polar surface area (TPSA) is 37.0 Å². The van der Waals surface area contributed by atoms with Crippen molar-refractivity contribution in [2.24, 2.45) is 0 Å². The smallest absolute Gasteiger partial charge is 0.0705 e.